The molecule has 9 nitrogen and oxygen atoms in total. The van der Waals surface area contributed by atoms with Gasteiger partial charge in [0.1, 0.15) is 42.4 Å². The van der Waals surface area contributed by atoms with Crippen LogP contribution in [0.5, 0.6) is 0 Å². The number of anilines is 2. The molecule has 0 bridgehead atoms. The predicted molar refractivity (Wildman–Crippen MR) is 143 cm³/mol. The van der Waals surface area contributed by atoms with E-state index in [4.69, 9.17) is 0 Å². The normalized spacial score (nSPS) is 18.3. The van der Waals surface area contributed by atoms with Crippen LogP contribution in [0.1, 0.15) is 29.2 Å². The van der Waals surface area contributed by atoms with Crippen LogP contribution < -0.4 is 16.0 Å². The molecule has 1 spiro atoms. The molecule has 1 aromatic heterocycles. The van der Waals surface area contributed by atoms with E-state index in [1.54, 1.807) is 35.8 Å². The van der Waals surface area contributed by atoms with Gasteiger partial charge in [0.25, 0.3) is 0 Å². The van der Waals surface area contributed by atoms with E-state index in [0.29, 0.717) is 29.6 Å². The topological polar surface area (TPSA) is 120 Å². The molecule has 4 amide bonds. The van der Waals surface area contributed by atoms with E-state index in [1.165, 1.54) is 0 Å². The van der Waals surface area contributed by atoms with Gasteiger partial charge in [-0.05, 0) is 66.8 Å². The molecule has 14 heteroatoms. The molecule has 1 unspecified atom stereocenters. The first-order valence-electron chi connectivity index (χ1n) is 13.0. The van der Waals surface area contributed by atoms with E-state index in [-0.39, 0.29) is 17.9 Å². The number of benzene rings is 2. The molecule has 0 radical (unpaired) electrons. The number of pyridine rings is 1. The molecule has 2 aromatic carbocycles. The van der Waals surface area contributed by atoms with Gasteiger partial charge < -0.3 is 20.7 Å². The molecule has 5 rings (SSSR count). The average Bonchev–Trinajstić information content (AvgIpc) is 3.45. The van der Waals surface area contributed by atoms with Crippen LogP contribution in [-0.2, 0) is 38.2 Å². The van der Waals surface area contributed by atoms with Crippen molar-refractivity contribution < 1.29 is 41.1 Å². The molecular weight excluding hydrogens is 577 g/mol. The number of hydrogen-bond donors (Lipinski definition) is 3. The number of urea groups is 1. The first kappa shape index (κ1) is 29.6. The zero-order valence-corrected chi connectivity index (χ0v) is 22.5. The highest BCUT2D eigenvalue weighted by Gasteiger charge is 2.51. The molecular formula is C29H24F5N5O4. The maximum atomic E-state index is 14.0. The number of aromatic nitrogens is 1. The number of fused-ring (bicyclic) bond motifs is 3. The largest absolute Gasteiger partial charge is 0.405 e. The highest BCUT2D eigenvalue weighted by molar-refractivity contribution is 6.06. The summed E-state index contributed by atoms with van der Waals surface area (Å²) in [5, 5.41) is 6.94. The van der Waals surface area contributed by atoms with E-state index in [2.05, 4.69) is 15.6 Å². The SMILES string of the molecule is CC(C=O)(c1cc(F)cc(F)c1)N(CC(=O)Nc1ccc2c(c1)C[C@@]1(C2)C(=O)Nc2ncccc21)C(=O)NCC(F)(F)F. The Morgan fingerprint density at radius 1 is 1.07 bits per heavy atom. The Labute approximate surface area is 241 Å². The number of aldehydes is 1. The van der Waals surface area contributed by atoms with Gasteiger partial charge in [0.2, 0.25) is 11.8 Å². The maximum absolute atomic E-state index is 14.0. The van der Waals surface area contributed by atoms with Crippen LogP contribution in [0.4, 0.5) is 38.3 Å². The van der Waals surface area contributed by atoms with E-state index in [0.717, 1.165) is 35.7 Å². The third-order valence-electron chi connectivity index (χ3n) is 7.69. The van der Waals surface area contributed by atoms with E-state index < -0.39 is 59.4 Å². The molecule has 3 aromatic rings. The van der Waals surface area contributed by atoms with Crippen molar-refractivity contribution in [3.8, 4) is 0 Å². The fourth-order valence-corrected chi connectivity index (χ4v) is 5.54. The summed E-state index contributed by atoms with van der Waals surface area (Å²) < 4.78 is 66.6. The van der Waals surface area contributed by atoms with Crippen LogP contribution in [0.3, 0.4) is 0 Å². The average molecular weight is 602 g/mol. The molecule has 2 aliphatic rings. The van der Waals surface area contributed by atoms with Gasteiger partial charge in [-0.1, -0.05) is 12.1 Å². The summed E-state index contributed by atoms with van der Waals surface area (Å²) in [6.07, 6.45) is -2.43. The lowest BCUT2D eigenvalue weighted by Crippen LogP contribution is -2.56. The summed E-state index contributed by atoms with van der Waals surface area (Å²) in [5.41, 5.74) is -0.875. The summed E-state index contributed by atoms with van der Waals surface area (Å²) >= 11 is 0. The number of hydrogen-bond acceptors (Lipinski definition) is 5. The number of carbonyl (C=O) groups is 4. The fraction of sp³-hybridized carbons (Fsp3) is 0.276. The Hall–Kier alpha value is -4.88. The lowest BCUT2D eigenvalue weighted by Gasteiger charge is -2.37. The monoisotopic (exact) mass is 601 g/mol. The number of nitrogens with one attached hydrogen (secondary N) is 3. The predicted octanol–water partition coefficient (Wildman–Crippen LogP) is 3.98. The Balaban J connectivity index is 1.39. The molecule has 43 heavy (non-hydrogen) atoms. The first-order valence-corrected chi connectivity index (χ1v) is 13.0. The number of rotatable bonds is 7. The van der Waals surface area contributed by atoms with Crippen LogP contribution in [0, 0.1) is 11.6 Å². The summed E-state index contributed by atoms with van der Waals surface area (Å²) in [4.78, 5) is 55.9. The quantitative estimate of drug-likeness (QED) is 0.280. The summed E-state index contributed by atoms with van der Waals surface area (Å²) in [5.74, 6) is -2.84. The van der Waals surface area contributed by atoms with Crippen molar-refractivity contribution in [2.24, 2.45) is 0 Å². The second-order valence-corrected chi connectivity index (χ2v) is 10.6. The van der Waals surface area contributed by atoms with Gasteiger partial charge in [0.05, 0.1) is 5.41 Å². The molecule has 1 aliphatic carbocycles. The van der Waals surface area contributed by atoms with Crippen LogP contribution >= 0.6 is 0 Å². The lowest BCUT2D eigenvalue weighted by molar-refractivity contribution is -0.125. The van der Waals surface area contributed by atoms with Crippen molar-refractivity contribution >= 4 is 35.6 Å². The number of carbonyl (C=O) groups excluding carboxylic acids is 4. The molecule has 2 heterocycles. The smallest absolute Gasteiger partial charge is 0.329 e. The minimum atomic E-state index is -4.82. The Kier molecular flexibility index (Phi) is 7.40. The Morgan fingerprint density at radius 3 is 2.44 bits per heavy atom. The highest BCUT2D eigenvalue weighted by Crippen LogP contribution is 2.47. The third kappa shape index (κ3) is 5.64. The van der Waals surface area contributed by atoms with E-state index >= 15 is 0 Å². The summed E-state index contributed by atoms with van der Waals surface area (Å²) in [6.45, 7) is -1.70. The number of nitrogens with zero attached hydrogens (tertiary/aromatic N) is 2. The van der Waals surface area contributed by atoms with Crippen molar-refractivity contribution in [3.63, 3.8) is 0 Å². The van der Waals surface area contributed by atoms with Gasteiger partial charge in [0, 0.05) is 23.5 Å². The molecule has 3 N–H and O–H groups in total. The molecule has 0 fully saturated rings. The van der Waals surface area contributed by atoms with Crippen LogP contribution in [0.25, 0.3) is 0 Å². The fourth-order valence-electron chi connectivity index (χ4n) is 5.54. The third-order valence-corrected chi connectivity index (χ3v) is 7.69. The van der Waals surface area contributed by atoms with Gasteiger partial charge in [-0.2, -0.15) is 13.2 Å². The summed E-state index contributed by atoms with van der Waals surface area (Å²) in [6, 6.07) is 8.99. The van der Waals surface area contributed by atoms with Crippen molar-refractivity contribution in [1.82, 2.24) is 15.2 Å². The van der Waals surface area contributed by atoms with E-state index in [9.17, 15) is 41.1 Å². The second-order valence-electron chi connectivity index (χ2n) is 10.6. The number of alkyl halides is 3. The number of halogens is 5. The molecule has 224 valence electrons. The van der Waals surface area contributed by atoms with Gasteiger partial charge >= 0.3 is 12.2 Å². The number of amides is 4. The lowest BCUT2D eigenvalue weighted by atomic mass is 9.79. The van der Waals surface area contributed by atoms with Crippen LogP contribution in [0.15, 0.2) is 54.7 Å². The maximum Gasteiger partial charge on any atom is 0.405 e. The van der Waals surface area contributed by atoms with Crippen molar-refractivity contribution in [1.29, 1.82) is 0 Å². The van der Waals surface area contributed by atoms with Gasteiger partial charge in [0.15, 0.2) is 0 Å². The van der Waals surface area contributed by atoms with Crippen LogP contribution in [0.2, 0.25) is 0 Å². The zero-order chi connectivity index (χ0) is 31.2. The van der Waals surface area contributed by atoms with Gasteiger partial charge in [-0.25, -0.2) is 18.6 Å². The minimum Gasteiger partial charge on any atom is -0.329 e. The first-order chi connectivity index (χ1) is 20.2. The molecule has 1 aliphatic heterocycles. The summed E-state index contributed by atoms with van der Waals surface area (Å²) in [7, 11) is 0. The van der Waals surface area contributed by atoms with Crippen molar-refractivity contribution in [2.45, 2.75) is 36.9 Å². The standard InChI is InChI=1S/C29H24F5N5O4/c1-27(15-40,18-8-19(30)10-20(31)9-18)39(26(43)36-14-29(32,33)34)13-23(41)37-21-5-4-16-11-28(12-17(16)7-21)22-3-2-6-35-24(22)38-25(28)42/h2-10,15H,11-14H2,1H3,(H,36,43)(H,37,41)(H,35,38,42)/t27?,28-/m1/s1. The van der Waals surface area contributed by atoms with Gasteiger partial charge in [-0.3, -0.25) is 14.5 Å². The van der Waals surface area contributed by atoms with E-state index in [1.807, 2.05) is 6.07 Å². The van der Waals surface area contributed by atoms with Crippen molar-refractivity contribution in [3.05, 3.63) is 88.6 Å². The minimum absolute atomic E-state index is 0.107. The highest BCUT2D eigenvalue weighted by atomic mass is 19.4. The van der Waals surface area contributed by atoms with Crippen LogP contribution in [-0.4, -0.2) is 53.3 Å². The molecule has 0 saturated carbocycles. The molecule has 0 saturated heterocycles. The Bertz CT molecular complexity index is 1630. The molecule has 2 atom stereocenters. The second kappa shape index (κ2) is 10.7. The van der Waals surface area contributed by atoms with Gasteiger partial charge in [-0.15, -0.1) is 0 Å². The zero-order valence-electron chi connectivity index (χ0n) is 22.5. The van der Waals surface area contributed by atoms with Crippen molar-refractivity contribution in [2.75, 3.05) is 23.7 Å². The Morgan fingerprint density at radius 2 is 1.77 bits per heavy atom.